The summed E-state index contributed by atoms with van der Waals surface area (Å²) in [6, 6.07) is 6.81. The molecule has 0 saturated carbocycles. The van der Waals surface area contributed by atoms with Gasteiger partial charge in [0.15, 0.2) is 0 Å². The van der Waals surface area contributed by atoms with Gasteiger partial charge in [-0.25, -0.2) is 24.3 Å². The third-order valence-corrected chi connectivity index (χ3v) is 4.85. The standard InChI is InChI=1S/C20H17ClFN9O2/c21-14-9-11(22)1-2-12(14)17-13(19-25-6-7-26-19)10-28-20(30-17)27-8-5-24-16-4-3-15(31(32)33)18(23)29-16/h1-4,6-7,9-10H,5,8H2,(H,25,26)(H3,23,24,29)(H,27,28,30). The Morgan fingerprint density at radius 3 is 2.64 bits per heavy atom. The average Bonchev–Trinajstić information content (AvgIpc) is 3.31. The smallest absolute Gasteiger partial charge is 0.311 e. The average molecular weight is 470 g/mol. The fraction of sp³-hybridized carbons (Fsp3) is 0.100. The number of aromatic nitrogens is 5. The van der Waals surface area contributed by atoms with Gasteiger partial charge in [0.05, 0.1) is 21.2 Å². The van der Waals surface area contributed by atoms with Crippen molar-refractivity contribution >= 4 is 34.9 Å². The first-order valence-corrected chi connectivity index (χ1v) is 10.0. The molecule has 168 valence electrons. The van der Waals surface area contributed by atoms with E-state index < -0.39 is 10.7 Å². The molecule has 3 aromatic heterocycles. The van der Waals surface area contributed by atoms with Crippen molar-refractivity contribution < 1.29 is 9.31 Å². The van der Waals surface area contributed by atoms with Crippen LogP contribution in [-0.2, 0) is 0 Å². The van der Waals surface area contributed by atoms with E-state index in [1.807, 2.05) is 0 Å². The number of nitro groups is 1. The molecule has 1 aromatic carbocycles. The minimum atomic E-state index is -0.595. The van der Waals surface area contributed by atoms with Crippen LogP contribution in [0.25, 0.3) is 22.6 Å². The maximum absolute atomic E-state index is 13.5. The van der Waals surface area contributed by atoms with Crippen LogP contribution in [0.5, 0.6) is 0 Å². The van der Waals surface area contributed by atoms with Gasteiger partial charge in [-0.2, -0.15) is 0 Å². The van der Waals surface area contributed by atoms with E-state index in [1.54, 1.807) is 24.7 Å². The predicted octanol–water partition coefficient (Wildman–Crippen LogP) is 3.74. The number of nitrogen functional groups attached to an aromatic ring is 1. The highest BCUT2D eigenvalue weighted by Crippen LogP contribution is 2.34. The molecule has 33 heavy (non-hydrogen) atoms. The Morgan fingerprint density at radius 2 is 1.94 bits per heavy atom. The Bertz CT molecular complexity index is 1300. The second kappa shape index (κ2) is 9.44. The number of halogens is 2. The lowest BCUT2D eigenvalue weighted by atomic mass is 10.1. The van der Waals surface area contributed by atoms with Crippen LogP contribution < -0.4 is 16.4 Å². The number of imidazole rings is 1. The summed E-state index contributed by atoms with van der Waals surface area (Å²) in [5.41, 5.74) is 6.94. The van der Waals surface area contributed by atoms with Crippen molar-refractivity contribution in [1.29, 1.82) is 0 Å². The van der Waals surface area contributed by atoms with E-state index in [2.05, 4.69) is 35.6 Å². The topological polar surface area (TPSA) is 161 Å². The highest BCUT2D eigenvalue weighted by atomic mass is 35.5. The van der Waals surface area contributed by atoms with Gasteiger partial charge in [-0.1, -0.05) is 11.6 Å². The molecular weight excluding hydrogens is 453 g/mol. The van der Waals surface area contributed by atoms with Crippen LogP contribution in [0.2, 0.25) is 5.02 Å². The van der Waals surface area contributed by atoms with Crippen LogP contribution in [0.4, 0.5) is 27.7 Å². The van der Waals surface area contributed by atoms with E-state index >= 15 is 0 Å². The van der Waals surface area contributed by atoms with Crippen molar-refractivity contribution in [3.63, 3.8) is 0 Å². The van der Waals surface area contributed by atoms with Crippen molar-refractivity contribution in [1.82, 2.24) is 24.9 Å². The summed E-state index contributed by atoms with van der Waals surface area (Å²) in [7, 11) is 0. The highest BCUT2D eigenvalue weighted by molar-refractivity contribution is 6.33. The molecule has 4 rings (SSSR count). The van der Waals surface area contributed by atoms with Gasteiger partial charge in [0, 0.05) is 43.3 Å². The van der Waals surface area contributed by atoms with Gasteiger partial charge in [0.2, 0.25) is 11.8 Å². The second-order valence-electron chi connectivity index (χ2n) is 6.73. The van der Waals surface area contributed by atoms with Gasteiger partial charge in [-0.05, 0) is 24.3 Å². The van der Waals surface area contributed by atoms with Gasteiger partial charge in [0.25, 0.3) is 0 Å². The zero-order chi connectivity index (χ0) is 23.4. The van der Waals surface area contributed by atoms with E-state index in [9.17, 15) is 14.5 Å². The van der Waals surface area contributed by atoms with Crippen molar-refractivity contribution in [2.45, 2.75) is 0 Å². The summed E-state index contributed by atoms with van der Waals surface area (Å²) in [6.45, 7) is 0.801. The first kappa shape index (κ1) is 21.9. The minimum Gasteiger partial charge on any atom is -0.378 e. The van der Waals surface area contributed by atoms with Crippen LogP contribution in [0, 0.1) is 15.9 Å². The Morgan fingerprint density at radius 1 is 1.12 bits per heavy atom. The molecule has 0 spiro atoms. The van der Waals surface area contributed by atoms with Crippen molar-refractivity contribution in [2.75, 3.05) is 29.5 Å². The van der Waals surface area contributed by atoms with Crippen LogP contribution >= 0.6 is 11.6 Å². The van der Waals surface area contributed by atoms with Crippen LogP contribution in [0.15, 0.2) is 48.9 Å². The van der Waals surface area contributed by atoms with Gasteiger partial charge >= 0.3 is 5.69 Å². The van der Waals surface area contributed by atoms with E-state index in [-0.39, 0.29) is 16.5 Å². The Hall–Kier alpha value is -4.32. The fourth-order valence-corrected chi connectivity index (χ4v) is 3.28. The molecule has 0 radical (unpaired) electrons. The molecule has 11 nitrogen and oxygen atoms in total. The molecule has 3 heterocycles. The molecule has 0 fully saturated rings. The lowest BCUT2D eigenvalue weighted by Crippen LogP contribution is -2.16. The summed E-state index contributed by atoms with van der Waals surface area (Å²) in [4.78, 5) is 30.3. The van der Waals surface area contributed by atoms with E-state index in [4.69, 9.17) is 17.3 Å². The molecule has 0 saturated heterocycles. The minimum absolute atomic E-state index is 0.171. The van der Waals surface area contributed by atoms with Crippen molar-refractivity contribution in [3.8, 4) is 22.6 Å². The first-order chi connectivity index (χ1) is 15.9. The van der Waals surface area contributed by atoms with E-state index in [1.165, 1.54) is 24.3 Å². The summed E-state index contributed by atoms with van der Waals surface area (Å²) < 4.78 is 13.5. The molecule has 4 aromatic rings. The molecule has 5 N–H and O–H groups in total. The monoisotopic (exact) mass is 469 g/mol. The number of nitrogens with two attached hydrogens (primary N) is 1. The zero-order valence-electron chi connectivity index (χ0n) is 16.9. The van der Waals surface area contributed by atoms with Gasteiger partial charge in [-0.15, -0.1) is 0 Å². The number of nitrogens with zero attached hydrogens (tertiary/aromatic N) is 5. The summed E-state index contributed by atoms with van der Waals surface area (Å²) >= 11 is 6.27. The highest BCUT2D eigenvalue weighted by Gasteiger charge is 2.16. The summed E-state index contributed by atoms with van der Waals surface area (Å²) in [5, 5.41) is 17.1. The van der Waals surface area contributed by atoms with E-state index in [0.29, 0.717) is 47.5 Å². The third kappa shape index (κ3) is 4.96. The summed E-state index contributed by atoms with van der Waals surface area (Å²) in [5.74, 6) is 0.629. The van der Waals surface area contributed by atoms with Crippen molar-refractivity contribution in [2.24, 2.45) is 0 Å². The first-order valence-electron chi connectivity index (χ1n) is 9.63. The third-order valence-electron chi connectivity index (χ3n) is 4.54. The van der Waals surface area contributed by atoms with Crippen LogP contribution in [-0.4, -0.2) is 42.9 Å². The van der Waals surface area contributed by atoms with Gasteiger partial charge in [-0.3, -0.25) is 10.1 Å². The maximum Gasteiger partial charge on any atom is 0.311 e. The Balaban J connectivity index is 1.49. The van der Waals surface area contributed by atoms with E-state index in [0.717, 1.165) is 0 Å². The number of anilines is 3. The molecule has 0 bridgehead atoms. The lowest BCUT2D eigenvalue weighted by Gasteiger charge is -2.12. The maximum atomic E-state index is 13.5. The number of nitrogens with one attached hydrogen (secondary N) is 3. The van der Waals surface area contributed by atoms with Crippen LogP contribution in [0.3, 0.4) is 0 Å². The second-order valence-corrected chi connectivity index (χ2v) is 7.14. The number of hydrogen-bond donors (Lipinski definition) is 4. The number of benzene rings is 1. The number of aromatic amines is 1. The molecule has 0 aliphatic carbocycles. The number of pyridine rings is 1. The summed E-state index contributed by atoms with van der Waals surface area (Å²) in [6.07, 6.45) is 4.86. The molecular formula is C20H17ClFN9O2. The quantitative estimate of drug-likeness (QED) is 0.171. The number of rotatable bonds is 8. The molecule has 0 aliphatic heterocycles. The SMILES string of the molecule is Nc1nc(NCCNc2ncc(-c3ncc[nH]3)c(-c3ccc(F)cc3Cl)n2)ccc1[N+](=O)[O-]. The van der Waals surface area contributed by atoms with Gasteiger partial charge < -0.3 is 21.4 Å². The number of H-pyrrole nitrogens is 1. The number of hydrogen-bond acceptors (Lipinski definition) is 9. The van der Waals surface area contributed by atoms with Crippen molar-refractivity contribution in [3.05, 3.63) is 69.9 Å². The molecule has 0 unspecified atom stereocenters. The largest absolute Gasteiger partial charge is 0.378 e. The predicted molar refractivity (Wildman–Crippen MR) is 122 cm³/mol. The fourth-order valence-electron chi connectivity index (χ4n) is 3.02. The zero-order valence-corrected chi connectivity index (χ0v) is 17.7. The normalized spacial score (nSPS) is 10.7. The van der Waals surface area contributed by atoms with Gasteiger partial charge in [0.1, 0.15) is 17.5 Å². The Kier molecular flexibility index (Phi) is 6.26. The lowest BCUT2D eigenvalue weighted by molar-refractivity contribution is -0.384. The Labute approximate surface area is 191 Å². The molecule has 0 atom stereocenters. The molecule has 13 heteroatoms. The molecule has 0 aliphatic rings. The molecule has 0 amide bonds. The van der Waals surface area contributed by atoms with Crippen LogP contribution in [0.1, 0.15) is 0 Å².